The zero-order valence-corrected chi connectivity index (χ0v) is 12.7. The molecule has 23 heavy (non-hydrogen) atoms. The summed E-state index contributed by atoms with van der Waals surface area (Å²) in [4.78, 5) is 24.1. The fraction of sp³-hybridized carbons (Fsp3) is 0. The summed E-state index contributed by atoms with van der Waals surface area (Å²) in [7, 11) is 0. The van der Waals surface area contributed by atoms with Crippen LogP contribution in [0.25, 0.3) is 11.3 Å². The van der Waals surface area contributed by atoms with Gasteiger partial charge in [-0.3, -0.25) is 4.79 Å². The van der Waals surface area contributed by atoms with Gasteiger partial charge in [0, 0.05) is 16.1 Å². The highest BCUT2D eigenvalue weighted by atomic mass is 35.5. The lowest BCUT2D eigenvalue weighted by Crippen LogP contribution is -2.17. The van der Waals surface area contributed by atoms with Crippen molar-refractivity contribution in [1.82, 2.24) is 0 Å². The summed E-state index contributed by atoms with van der Waals surface area (Å²) in [6, 6.07) is 18.7. The zero-order valence-electron chi connectivity index (χ0n) is 12.0. The van der Waals surface area contributed by atoms with Crippen LogP contribution in [-0.2, 0) is 0 Å². The van der Waals surface area contributed by atoms with Crippen LogP contribution in [0.4, 0.5) is 5.69 Å². The van der Waals surface area contributed by atoms with Gasteiger partial charge in [0.2, 0.25) is 0 Å². The van der Waals surface area contributed by atoms with Gasteiger partial charge in [-0.2, -0.15) is 0 Å². The summed E-state index contributed by atoms with van der Waals surface area (Å²) in [6.07, 6.45) is 0. The highest BCUT2D eigenvalue weighted by Crippen LogP contribution is 2.21. The Hall–Kier alpha value is -2.85. The maximum Gasteiger partial charge on any atom is 0.360 e. The predicted octanol–water partition coefficient (Wildman–Crippen LogP) is 4.21. The lowest BCUT2D eigenvalue weighted by molar-refractivity contribution is 0.102. The largest absolute Gasteiger partial charge is 0.421 e. The van der Waals surface area contributed by atoms with Crippen LogP contribution in [0.3, 0.4) is 0 Å². The van der Waals surface area contributed by atoms with Gasteiger partial charge in [-0.25, -0.2) is 4.79 Å². The van der Waals surface area contributed by atoms with Gasteiger partial charge in [-0.1, -0.05) is 29.8 Å². The first-order valence-corrected chi connectivity index (χ1v) is 7.28. The van der Waals surface area contributed by atoms with Gasteiger partial charge in [0.25, 0.3) is 5.91 Å². The molecule has 5 heteroatoms. The van der Waals surface area contributed by atoms with E-state index >= 15 is 0 Å². The van der Waals surface area contributed by atoms with Crippen LogP contribution in [0.5, 0.6) is 0 Å². The molecule has 3 rings (SSSR count). The summed E-state index contributed by atoms with van der Waals surface area (Å²) >= 11 is 5.83. The minimum atomic E-state index is -0.610. The Labute approximate surface area is 137 Å². The second-order valence-corrected chi connectivity index (χ2v) is 5.26. The van der Waals surface area contributed by atoms with Gasteiger partial charge < -0.3 is 9.73 Å². The van der Waals surface area contributed by atoms with E-state index in [4.69, 9.17) is 16.0 Å². The quantitative estimate of drug-likeness (QED) is 0.784. The van der Waals surface area contributed by atoms with Gasteiger partial charge in [0.05, 0.1) is 0 Å². The maximum atomic E-state index is 12.1. The molecule has 4 nitrogen and oxygen atoms in total. The van der Waals surface area contributed by atoms with Crippen molar-refractivity contribution in [3.63, 3.8) is 0 Å². The SMILES string of the molecule is O=C(Nc1ccc(-c2ccc(Cl)cc2)oc1=O)c1ccccc1. The molecular weight excluding hydrogens is 314 g/mol. The molecule has 0 unspecified atom stereocenters. The van der Waals surface area contributed by atoms with Crippen LogP contribution >= 0.6 is 11.6 Å². The second-order valence-electron chi connectivity index (χ2n) is 4.83. The average molecular weight is 326 g/mol. The van der Waals surface area contributed by atoms with Crippen molar-refractivity contribution in [3.05, 3.63) is 87.7 Å². The Morgan fingerprint density at radius 1 is 0.913 bits per heavy atom. The van der Waals surface area contributed by atoms with E-state index in [9.17, 15) is 9.59 Å². The number of halogens is 1. The molecule has 0 radical (unpaired) electrons. The average Bonchev–Trinajstić information content (AvgIpc) is 2.58. The van der Waals surface area contributed by atoms with Gasteiger partial charge in [0.15, 0.2) is 0 Å². The third kappa shape index (κ3) is 3.49. The van der Waals surface area contributed by atoms with E-state index in [0.717, 1.165) is 5.56 Å². The second kappa shape index (κ2) is 6.50. The molecule has 2 aromatic carbocycles. The Bertz CT molecular complexity index is 886. The standard InChI is InChI=1S/C18H12ClNO3/c19-14-8-6-12(7-9-14)16-11-10-15(18(22)23-16)20-17(21)13-4-2-1-3-5-13/h1-11H,(H,20,21). The summed E-state index contributed by atoms with van der Waals surface area (Å²) in [6.45, 7) is 0. The summed E-state index contributed by atoms with van der Waals surface area (Å²) in [5, 5.41) is 3.15. The number of carbonyl (C=O) groups excluding carboxylic acids is 1. The highest BCUT2D eigenvalue weighted by Gasteiger charge is 2.10. The van der Waals surface area contributed by atoms with Gasteiger partial charge in [-0.05, 0) is 48.5 Å². The Kier molecular flexibility index (Phi) is 4.26. The number of hydrogen-bond donors (Lipinski definition) is 1. The van der Waals surface area contributed by atoms with Crippen LogP contribution in [0.1, 0.15) is 10.4 Å². The molecule has 1 N–H and O–H groups in total. The molecule has 0 aliphatic carbocycles. The van der Waals surface area contributed by atoms with E-state index in [2.05, 4.69) is 5.32 Å². The zero-order chi connectivity index (χ0) is 16.2. The number of carbonyl (C=O) groups is 1. The molecule has 0 fully saturated rings. The lowest BCUT2D eigenvalue weighted by atomic mass is 10.1. The Morgan fingerprint density at radius 3 is 2.26 bits per heavy atom. The molecule has 0 atom stereocenters. The molecule has 0 saturated heterocycles. The van der Waals surface area contributed by atoms with Gasteiger partial charge in [-0.15, -0.1) is 0 Å². The topological polar surface area (TPSA) is 59.3 Å². The number of hydrogen-bond acceptors (Lipinski definition) is 3. The normalized spacial score (nSPS) is 10.3. The summed E-state index contributed by atoms with van der Waals surface area (Å²) in [5.74, 6) is 0.0431. The number of benzene rings is 2. The highest BCUT2D eigenvalue weighted by molar-refractivity contribution is 6.30. The van der Waals surface area contributed by atoms with Crippen molar-refractivity contribution in [2.45, 2.75) is 0 Å². The van der Waals surface area contributed by atoms with Crippen molar-refractivity contribution in [3.8, 4) is 11.3 Å². The minimum Gasteiger partial charge on any atom is -0.421 e. The first kappa shape index (κ1) is 15.1. The van der Waals surface area contributed by atoms with Crippen molar-refractivity contribution < 1.29 is 9.21 Å². The third-order valence-corrected chi connectivity index (χ3v) is 3.49. The lowest BCUT2D eigenvalue weighted by Gasteiger charge is -2.05. The Morgan fingerprint density at radius 2 is 1.61 bits per heavy atom. The van der Waals surface area contributed by atoms with E-state index in [0.29, 0.717) is 16.3 Å². The molecule has 0 aliphatic rings. The first-order chi connectivity index (χ1) is 11.1. The minimum absolute atomic E-state index is 0.0940. The summed E-state index contributed by atoms with van der Waals surface area (Å²) in [5.41, 5.74) is 0.680. The smallest absolute Gasteiger partial charge is 0.360 e. The molecule has 1 amide bonds. The van der Waals surface area contributed by atoms with Crippen molar-refractivity contribution >= 4 is 23.2 Å². The van der Waals surface area contributed by atoms with Crippen LogP contribution in [0, 0.1) is 0 Å². The van der Waals surface area contributed by atoms with E-state index in [1.807, 2.05) is 6.07 Å². The van der Waals surface area contributed by atoms with E-state index in [1.165, 1.54) is 6.07 Å². The van der Waals surface area contributed by atoms with Crippen LogP contribution < -0.4 is 10.9 Å². The molecule has 0 spiro atoms. The van der Waals surface area contributed by atoms with E-state index in [1.54, 1.807) is 54.6 Å². The molecule has 0 bridgehead atoms. The predicted molar refractivity (Wildman–Crippen MR) is 89.8 cm³/mol. The van der Waals surface area contributed by atoms with Gasteiger partial charge >= 0.3 is 5.63 Å². The van der Waals surface area contributed by atoms with E-state index in [-0.39, 0.29) is 11.6 Å². The summed E-state index contributed by atoms with van der Waals surface area (Å²) < 4.78 is 5.26. The fourth-order valence-electron chi connectivity index (χ4n) is 2.06. The molecular formula is C18H12ClNO3. The van der Waals surface area contributed by atoms with Crippen LogP contribution in [0.2, 0.25) is 5.02 Å². The maximum absolute atomic E-state index is 12.1. The van der Waals surface area contributed by atoms with E-state index < -0.39 is 5.63 Å². The van der Waals surface area contributed by atoms with Crippen LogP contribution in [-0.4, -0.2) is 5.91 Å². The van der Waals surface area contributed by atoms with Crippen molar-refractivity contribution in [1.29, 1.82) is 0 Å². The Balaban J connectivity index is 1.84. The third-order valence-electron chi connectivity index (χ3n) is 3.24. The van der Waals surface area contributed by atoms with Crippen molar-refractivity contribution in [2.75, 3.05) is 5.32 Å². The first-order valence-electron chi connectivity index (χ1n) is 6.90. The monoisotopic (exact) mass is 325 g/mol. The number of rotatable bonds is 3. The molecule has 0 saturated carbocycles. The number of anilines is 1. The van der Waals surface area contributed by atoms with Gasteiger partial charge in [0.1, 0.15) is 11.4 Å². The van der Waals surface area contributed by atoms with Crippen LogP contribution in [0.15, 0.2) is 75.9 Å². The molecule has 3 aromatic rings. The number of amides is 1. The molecule has 1 heterocycles. The fourth-order valence-corrected chi connectivity index (χ4v) is 2.19. The molecule has 0 aliphatic heterocycles. The molecule has 114 valence electrons. The molecule has 1 aromatic heterocycles. The number of nitrogens with one attached hydrogen (secondary N) is 1. The van der Waals surface area contributed by atoms with Crippen molar-refractivity contribution in [2.24, 2.45) is 0 Å².